The summed E-state index contributed by atoms with van der Waals surface area (Å²) in [5.74, 6) is 0. The van der Waals surface area contributed by atoms with E-state index in [4.69, 9.17) is 4.74 Å². The molecular formula is C15H21N3O3. The molecule has 1 aromatic carbocycles. The lowest BCUT2D eigenvalue weighted by Gasteiger charge is -2.48. The summed E-state index contributed by atoms with van der Waals surface area (Å²) in [7, 11) is 2.13. The maximum atomic E-state index is 10.7. The Morgan fingerprint density at radius 2 is 2.00 bits per heavy atom. The summed E-state index contributed by atoms with van der Waals surface area (Å²) in [6, 6.07) is 6.82. The van der Waals surface area contributed by atoms with Crippen LogP contribution in [-0.4, -0.2) is 55.3 Å². The molecule has 3 rings (SSSR count). The van der Waals surface area contributed by atoms with Crippen molar-refractivity contribution in [1.29, 1.82) is 0 Å². The molecule has 114 valence electrons. The van der Waals surface area contributed by atoms with Crippen LogP contribution in [0.3, 0.4) is 0 Å². The van der Waals surface area contributed by atoms with Crippen LogP contribution in [0.2, 0.25) is 0 Å². The van der Waals surface area contributed by atoms with Crippen LogP contribution in [0.15, 0.2) is 24.3 Å². The molecule has 2 aliphatic heterocycles. The van der Waals surface area contributed by atoms with Gasteiger partial charge in [-0.2, -0.15) is 0 Å². The van der Waals surface area contributed by atoms with E-state index in [-0.39, 0.29) is 16.2 Å². The summed E-state index contributed by atoms with van der Waals surface area (Å²) in [5, 5.41) is 10.7. The minimum atomic E-state index is -0.360. The Labute approximate surface area is 124 Å². The molecule has 0 N–H and O–H groups in total. The monoisotopic (exact) mass is 291 g/mol. The van der Waals surface area contributed by atoms with Crippen LogP contribution in [0, 0.1) is 10.1 Å². The number of anilines is 1. The second kappa shape index (κ2) is 5.61. The third kappa shape index (κ3) is 3.01. The highest BCUT2D eigenvalue weighted by Gasteiger charge is 2.39. The van der Waals surface area contributed by atoms with Gasteiger partial charge in [0.1, 0.15) is 0 Å². The molecule has 2 aliphatic rings. The van der Waals surface area contributed by atoms with Gasteiger partial charge in [0.2, 0.25) is 0 Å². The number of piperidine rings is 1. The molecule has 6 heteroatoms. The average Bonchev–Trinajstić information content (AvgIpc) is 2.47. The van der Waals surface area contributed by atoms with Gasteiger partial charge in [0.25, 0.3) is 5.69 Å². The fourth-order valence-corrected chi connectivity index (χ4v) is 3.39. The molecule has 1 spiro atoms. The minimum absolute atomic E-state index is 0.0903. The van der Waals surface area contributed by atoms with Gasteiger partial charge in [-0.15, -0.1) is 0 Å². The molecular weight excluding hydrogens is 270 g/mol. The average molecular weight is 291 g/mol. The molecule has 1 atom stereocenters. The van der Waals surface area contributed by atoms with Crippen LogP contribution in [0.5, 0.6) is 0 Å². The molecule has 2 heterocycles. The van der Waals surface area contributed by atoms with Crippen LogP contribution < -0.4 is 4.90 Å². The number of nitro groups is 1. The maximum absolute atomic E-state index is 10.7. The van der Waals surface area contributed by atoms with Crippen LogP contribution in [0.25, 0.3) is 0 Å². The van der Waals surface area contributed by atoms with Crippen molar-refractivity contribution in [1.82, 2.24) is 4.90 Å². The highest BCUT2D eigenvalue weighted by Crippen LogP contribution is 2.31. The highest BCUT2D eigenvalue weighted by atomic mass is 16.6. The van der Waals surface area contributed by atoms with Crippen molar-refractivity contribution in [2.75, 3.05) is 44.7 Å². The van der Waals surface area contributed by atoms with Crippen molar-refractivity contribution in [2.45, 2.75) is 18.4 Å². The van der Waals surface area contributed by atoms with E-state index in [2.05, 4.69) is 16.8 Å². The zero-order chi connectivity index (χ0) is 14.9. The molecule has 6 nitrogen and oxygen atoms in total. The van der Waals surface area contributed by atoms with Gasteiger partial charge in [-0.25, -0.2) is 0 Å². The molecule has 0 amide bonds. The molecule has 21 heavy (non-hydrogen) atoms. The lowest BCUT2D eigenvalue weighted by molar-refractivity contribution is -0.384. The zero-order valence-corrected chi connectivity index (χ0v) is 12.3. The van der Waals surface area contributed by atoms with Crippen molar-refractivity contribution in [2.24, 2.45) is 0 Å². The van der Waals surface area contributed by atoms with E-state index >= 15 is 0 Å². The van der Waals surface area contributed by atoms with Gasteiger partial charge in [-0.05, 0) is 32.0 Å². The van der Waals surface area contributed by atoms with Gasteiger partial charge >= 0.3 is 0 Å². The first-order valence-corrected chi connectivity index (χ1v) is 7.40. The van der Waals surface area contributed by atoms with Crippen LogP contribution in [-0.2, 0) is 4.74 Å². The fourth-order valence-electron chi connectivity index (χ4n) is 3.39. The minimum Gasteiger partial charge on any atom is -0.370 e. The number of nitro benzene ring substituents is 1. The van der Waals surface area contributed by atoms with E-state index < -0.39 is 0 Å². The molecule has 2 fully saturated rings. The van der Waals surface area contributed by atoms with Crippen molar-refractivity contribution in [3.8, 4) is 0 Å². The summed E-state index contributed by atoms with van der Waals surface area (Å²) >= 11 is 0. The molecule has 0 aromatic heterocycles. The highest BCUT2D eigenvalue weighted by molar-refractivity contribution is 5.51. The number of hydrogen-bond acceptors (Lipinski definition) is 5. The largest absolute Gasteiger partial charge is 0.370 e. The number of morpholine rings is 1. The number of ether oxygens (including phenoxy) is 1. The van der Waals surface area contributed by atoms with E-state index in [1.165, 1.54) is 0 Å². The Balaban J connectivity index is 1.75. The van der Waals surface area contributed by atoms with E-state index in [1.54, 1.807) is 12.1 Å². The summed E-state index contributed by atoms with van der Waals surface area (Å²) in [4.78, 5) is 15.0. The molecule has 0 radical (unpaired) electrons. The van der Waals surface area contributed by atoms with Crippen molar-refractivity contribution in [3.05, 3.63) is 34.4 Å². The third-order valence-corrected chi connectivity index (χ3v) is 4.40. The number of benzene rings is 1. The number of rotatable bonds is 2. The Morgan fingerprint density at radius 3 is 2.67 bits per heavy atom. The van der Waals surface area contributed by atoms with Crippen LogP contribution in [0.1, 0.15) is 12.8 Å². The molecule has 0 aliphatic carbocycles. The second-order valence-electron chi connectivity index (χ2n) is 6.07. The Bertz CT molecular complexity index is 515. The van der Waals surface area contributed by atoms with E-state index in [0.29, 0.717) is 0 Å². The fraction of sp³-hybridized carbons (Fsp3) is 0.600. The smallest absolute Gasteiger partial charge is 0.269 e. The summed E-state index contributed by atoms with van der Waals surface area (Å²) in [6.45, 7) is 4.56. The first-order valence-electron chi connectivity index (χ1n) is 7.40. The number of nitrogens with zero attached hydrogens (tertiary/aromatic N) is 3. The maximum Gasteiger partial charge on any atom is 0.269 e. The summed E-state index contributed by atoms with van der Waals surface area (Å²) in [6.07, 6.45) is 2.17. The lowest BCUT2D eigenvalue weighted by atomic mass is 9.90. The Morgan fingerprint density at radius 1 is 1.24 bits per heavy atom. The first-order chi connectivity index (χ1) is 10.1. The van der Waals surface area contributed by atoms with Crippen molar-refractivity contribution >= 4 is 11.4 Å². The van der Waals surface area contributed by atoms with E-state index in [1.807, 2.05) is 12.1 Å². The molecule has 0 bridgehead atoms. The SMILES string of the molecule is CN1CCOC2(CCCN(c3ccc([N+](=O)[O-])cc3)C2)C1. The van der Waals surface area contributed by atoms with Crippen LogP contribution in [0.4, 0.5) is 11.4 Å². The molecule has 1 unspecified atom stereocenters. The lowest BCUT2D eigenvalue weighted by Crippen LogP contribution is -2.59. The van der Waals surface area contributed by atoms with Gasteiger partial charge in [0.05, 0.1) is 17.1 Å². The van der Waals surface area contributed by atoms with E-state index in [0.717, 1.165) is 51.3 Å². The molecule has 0 saturated carbocycles. The topological polar surface area (TPSA) is 58.8 Å². The quantitative estimate of drug-likeness (QED) is 0.615. The predicted octanol–water partition coefficient (Wildman–Crippen LogP) is 1.90. The van der Waals surface area contributed by atoms with Gasteiger partial charge < -0.3 is 14.5 Å². The van der Waals surface area contributed by atoms with Crippen molar-refractivity contribution < 1.29 is 9.66 Å². The second-order valence-corrected chi connectivity index (χ2v) is 6.07. The van der Waals surface area contributed by atoms with Gasteiger partial charge in [-0.3, -0.25) is 10.1 Å². The van der Waals surface area contributed by atoms with Gasteiger partial charge in [-0.1, -0.05) is 0 Å². The van der Waals surface area contributed by atoms with Crippen LogP contribution >= 0.6 is 0 Å². The number of likely N-dealkylation sites (N-methyl/N-ethyl adjacent to an activating group) is 1. The molecule has 1 aromatic rings. The Kier molecular flexibility index (Phi) is 3.82. The van der Waals surface area contributed by atoms with Gasteiger partial charge in [0.15, 0.2) is 0 Å². The predicted molar refractivity (Wildman–Crippen MR) is 80.7 cm³/mol. The first kappa shape index (κ1) is 14.3. The number of non-ortho nitro benzene ring substituents is 1. The zero-order valence-electron chi connectivity index (χ0n) is 12.3. The van der Waals surface area contributed by atoms with E-state index in [9.17, 15) is 10.1 Å². The van der Waals surface area contributed by atoms with Gasteiger partial charge in [0, 0.05) is 44.0 Å². The summed E-state index contributed by atoms with van der Waals surface area (Å²) < 4.78 is 6.10. The normalized spacial score (nSPS) is 27.0. The molecule has 2 saturated heterocycles. The van der Waals surface area contributed by atoms with Crippen molar-refractivity contribution in [3.63, 3.8) is 0 Å². The third-order valence-electron chi connectivity index (χ3n) is 4.40. The Hall–Kier alpha value is -1.66. The standard InChI is InChI=1S/C15H21N3O3/c1-16-9-10-21-15(11-16)7-2-8-17(12-15)13-3-5-14(6-4-13)18(19)20/h3-6H,2,7-12H2,1H3. The summed E-state index contributed by atoms with van der Waals surface area (Å²) in [5.41, 5.74) is 1.09. The number of hydrogen-bond donors (Lipinski definition) is 0.